The molecule has 140 valence electrons. The van der Waals surface area contributed by atoms with Crippen molar-refractivity contribution in [3.8, 4) is 11.5 Å². The van der Waals surface area contributed by atoms with Gasteiger partial charge in [-0.05, 0) is 52.3 Å². The van der Waals surface area contributed by atoms with Crippen LogP contribution in [0.3, 0.4) is 0 Å². The van der Waals surface area contributed by atoms with Crippen LogP contribution in [0.2, 0.25) is 10.0 Å². The van der Waals surface area contributed by atoms with Gasteiger partial charge in [0.1, 0.15) is 17.0 Å². The van der Waals surface area contributed by atoms with E-state index in [1.165, 1.54) is 6.07 Å². The lowest BCUT2D eigenvalue weighted by Crippen LogP contribution is -2.20. The lowest BCUT2D eigenvalue weighted by molar-refractivity contribution is -0.137. The molecule has 2 aromatic carbocycles. The fourth-order valence-corrected chi connectivity index (χ4v) is 2.61. The van der Waals surface area contributed by atoms with Gasteiger partial charge in [0.25, 0.3) is 5.91 Å². The fourth-order valence-electron chi connectivity index (χ4n) is 1.89. The maximum Gasteiger partial charge on any atom is 0.416 e. The molecule has 0 aliphatic carbocycles. The standard InChI is InChI=1S/C16H11BrCl2F3NO3/c17-8-26-14-4-2-10(6-12(14)19)23-15(24)7-25-13-3-1-9(5-11(13)18)16(20,21)22/h1-6H,7-8H2,(H,23,24). The minimum Gasteiger partial charge on any atom is -0.482 e. The topological polar surface area (TPSA) is 47.6 Å². The molecule has 10 heteroatoms. The van der Waals surface area contributed by atoms with Crippen molar-refractivity contribution in [2.24, 2.45) is 0 Å². The molecule has 4 nitrogen and oxygen atoms in total. The van der Waals surface area contributed by atoms with Gasteiger partial charge in [-0.25, -0.2) is 0 Å². The molecule has 0 aromatic heterocycles. The van der Waals surface area contributed by atoms with Crippen molar-refractivity contribution in [1.82, 2.24) is 0 Å². The highest BCUT2D eigenvalue weighted by Gasteiger charge is 2.31. The number of carbonyl (C=O) groups excluding carboxylic acids is 1. The van der Waals surface area contributed by atoms with Crippen LogP contribution in [0.1, 0.15) is 5.56 Å². The predicted molar refractivity (Wildman–Crippen MR) is 96.5 cm³/mol. The van der Waals surface area contributed by atoms with Crippen LogP contribution in [-0.4, -0.2) is 18.0 Å². The minimum atomic E-state index is -4.51. The highest BCUT2D eigenvalue weighted by atomic mass is 79.9. The summed E-state index contributed by atoms with van der Waals surface area (Å²) in [6.07, 6.45) is -4.51. The SMILES string of the molecule is O=C(COc1ccc(C(F)(F)F)cc1Cl)Nc1ccc(OCBr)c(Cl)c1. The number of amides is 1. The highest BCUT2D eigenvalue weighted by Crippen LogP contribution is 2.34. The smallest absolute Gasteiger partial charge is 0.416 e. The second-order valence-electron chi connectivity index (χ2n) is 4.88. The Labute approximate surface area is 165 Å². The van der Waals surface area contributed by atoms with Crippen LogP contribution >= 0.6 is 39.1 Å². The van der Waals surface area contributed by atoms with Crippen LogP contribution in [0.4, 0.5) is 18.9 Å². The molecule has 1 amide bonds. The number of nitrogens with one attached hydrogen (secondary N) is 1. The normalized spacial score (nSPS) is 11.2. The summed E-state index contributed by atoms with van der Waals surface area (Å²) in [5.74, 6) is -0.130. The van der Waals surface area contributed by atoms with Gasteiger partial charge in [0.05, 0.1) is 15.6 Å². The number of alkyl halides is 4. The third-order valence-corrected chi connectivity index (χ3v) is 3.86. The van der Waals surface area contributed by atoms with Crippen molar-refractivity contribution in [3.05, 3.63) is 52.0 Å². The summed E-state index contributed by atoms with van der Waals surface area (Å²) in [6, 6.07) is 7.25. The lowest BCUT2D eigenvalue weighted by atomic mass is 10.2. The Kier molecular flexibility index (Phi) is 7.02. The van der Waals surface area contributed by atoms with E-state index in [1.54, 1.807) is 12.1 Å². The predicted octanol–water partition coefficient (Wildman–Crippen LogP) is 5.76. The zero-order valence-electron chi connectivity index (χ0n) is 12.9. The molecule has 0 saturated heterocycles. The third kappa shape index (κ3) is 5.69. The Morgan fingerprint density at radius 2 is 1.65 bits per heavy atom. The van der Waals surface area contributed by atoms with Gasteiger partial charge in [-0.3, -0.25) is 4.79 Å². The molecular weight excluding hydrogens is 462 g/mol. The van der Waals surface area contributed by atoms with E-state index in [-0.39, 0.29) is 16.3 Å². The minimum absolute atomic E-state index is 0.0334. The number of rotatable bonds is 6. The average molecular weight is 473 g/mol. The number of carbonyl (C=O) groups is 1. The molecule has 0 bridgehead atoms. The number of hydrogen-bond acceptors (Lipinski definition) is 3. The highest BCUT2D eigenvalue weighted by molar-refractivity contribution is 9.09. The first-order chi connectivity index (χ1) is 12.2. The molecule has 0 fully saturated rings. The number of ether oxygens (including phenoxy) is 2. The van der Waals surface area contributed by atoms with Gasteiger partial charge in [0.2, 0.25) is 0 Å². The molecule has 0 atom stereocenters. The summed E-state index contributed by atoms with van der Waals surface area (Å²) >= 11 is 14.9. The summed E-state index contributed by atoms with van der Waals surface area (Å²) in [7, 11) is 0. The monoisotopic (exact) mass is 471 g/mol. The molecule has 0 aliphatic rings. The molecule has 2 aromatic rings. The first-order valence-corrected chi connectivity index (χ1v) is 8.86. The van der Waals surface area contributed by atoms with Gasteiger partial charge in [-0.15, -0.1) is 0 Å². The number of anilines is 1. The summed E-state index contributed by atoms with van der Waals surface area (Å²) in [6.45, 7) is -0.442. The van der Waals surface area contributed by atoms with Crippen molar-refractivity contribution in [1.29, 1.82) is 0 Å². The molecule has 26 heavy (non-hydrogen) atoms. The van der Waals surface area contributed by atoms with Crippen LogP contribution in [0.25, 0.3) is 0 Å². The van der Waals surface area contributed by atoms with Crippen LogP contribution in [0.5, 0.6) is 11.5 Å². The van der Waals surface area contributed by atoms with Crippen LogP contribution < -0.4 is 14.8 Å². The molecule has 0 aliphatic heterocycles. The first-order valence-electron chi connectivity index (χ1n) is 6.98. The van der Waals surface area contributed by atoms with E-state index in [1.807, 2.05) is 0 Å². The van der Waals surface area contributed by atoms with E-state index in [9.17, 15) is 18.0 Å². The molecule has 2 rings (SSSR count). The Morgan fingerprint density at radius 1 is 1.04 bits per heavy atom. The first kappa shape index (κ1) is 20.7. The number of halogens is 6. The molecule has 0 unspecified atom stereocenters. The van der Waals surface area contributed by atoms with E-state index in [4.69, 9.17) is 32.7 Å². The maximum absolute atomic E-state index is 12.6. The maximum atomic E-state index is 12.6. The van der Waals surface area contributed by atoms with E-state index in [0.29, 0.717) is 16.5 Å². The van der Waals surface area contributed by atoms with E-state index < -0.39 is 24.3 Å². The molecule has 0 radical (unpaired) electrons. The number of benzene rings is 2. The molecule has 0 saturated carbocycles. The number of hydrogen-bond donors (Lipinski definition) is 1. The Bertz CT molecular complexity index is 803. The van der Waals surface area contributed by atoms with Crippen LogP contribution in [-0.2, 0) is 11.0 Å². The summed E-state index contributed by atoms with van der Waals surface area (Å²) in [4.78, 5) is 11.9. The second kappa shape index (κ2) is 8.83. The molecule has 0 spiro atoms. The quantitative estimate of drug-likeness (QED) is 0.543. The molecule has 0 heterocycles. The van der Waals surface area contributed by atoms with Crippen LogP contribution in [0.15, 0.2) is 36.4 Å². The average Bonchev–Trinajstić information content (AvgIpc) is 2.55. The van der Waals surface area contributed by atoms with E-state index in [2.05, 4.69) is 21.2 Å². The van der Waals surface area contributed by atoms with Gasteiger partial charge >= 0.3 is 6.18 Å². The summed E-state index contributed by atoms with van der Waals surface area (Å²) in [5.41, 5.74) is -0.232. The van der Waals surface area contributed by atoms with E-state index in [0.717, 1.165) is 18.2 Å². The van der Waals surface area contributed by atoms with Gasteiger partial charge < -0.3 is 14.8 Å². The Hall–Kier alpha value is -1.64. The second-order valence-corrected chi connectivity index (χ2v) is 6.15. The van der Waals surface area contributed by atoms with Crippen LogP contribution in [0, 0.1) is 0 Å². The largest absolute Gasteiger partial charge is 0.482 e. The van der Waals surface area contributed by atoms with Gasteiger partial charge in [-0.1, -0.05) is 23.2 Å². The van der Waals surface area contributed by atoms with Crippen molar-refractivity contribution in [3.63, 3.8) is 0 Å². The van der Waals surface area contributed by atoms with E-state index >= 15 is 0 Å². The molecular formula is C16H11BrCl2F3NO3. The zero-order valence-corrected chi connectivity index (χ0v) is 16.0. The van der Waals surface area contributed by atoms with Crippen molar-refractivity contribution in [2.75, 3.05) is 17.4 Å². The van der Waals surface area contributed by atoms with Crippen molar-refractivity contribution < 1.29 is 27.4 Å². The van der Waals surface area contributed by atoms with Gasteiger partial charge in [-0.2, -0.15) is 13.2 Å². The molecule has 1 N–H and O–H groups in total. The van der Waals surface area contributed by atoms with Crippen molar-refractivity contribution >= 4 is 50.7 Å². The van der Waals surface area contributed by atoms with Crippen molar-refractivity contribution in [2.45, 2.75) is 6.18 Å². The fraction of sp³-hybridized carbons (Fsp3) is 0.188. The summed E-state index contributed by atoms with van der Waals surface area (Å²) in [5, 5.41) is 2.60. The zero-order chi connectivity index (χ0) is 19.3. The lowest BCUT2D eigenvalue weighted by Gasteiger charge is -2.12. The third-order valence-electron chi connectivity index (χ3n) is 3.04. The summed E-state index contributed by atoms with van der Waals surface area (Å²) < 4.78 is 48.1. The Morgan fingerprint density at radius 3 is 2.23 bits per heavy atom. The van der Waals surface area contributed by atoms with Gasteiger partial charge in [0.15, 0.2) is 6.61 Å². The Balaban J connectivity index is 1.96. The van der Waals surface area contributed by atoms with Gasteiger partial charge in [0, 0.05) is 5.69 Å².